The number of carbonyl (C=O) groups excluding carboxylic acids is 2. The van der Waals surface area contributed by atoms with Crippen LogP contribution in [-0.2, 0) is 28.6 Å². The van der Waals surface area contributed by atoms with Crippen LogP contribution in [0.4, 0.5) is 0 Å². The minimum Gasteiger partial charge on any atom is -0.477 e. The summed E-state index contributed by atoms with van der Waals surface area (Å²) in [5.41, 5.74) is 0. The molecule has 2 atom stereocenters. The van der Waals surface area contributed by atoms with Crippen molar-refractivity contribution in [3.8, 4) is 0 Å². The van der Waals surface area contributed by atoms with E-state index in [2.05, 4.69) is 13.8 Å². The van der Waals surface area contributed by atoms with Gasteiger partial charge in [-0.05, 0) is 12.8 Å². The molecule has 2 unspecified atom stereocenters. The molecule has 0 heterocycles. The molecule has 0 aromatic rings. The van der Waals surface area contributed by atoms with Gasteiger partial charge < -0.3 is 23.8 Å². The first-order valence-corrected chi connectivity index (χ1v) is 27.6. The van der Waals surface area contributed by atoms with Crippen molar-refractivity contribution in [2.75, 3.05) is 41.0 Å². The van der Waals surface area contributed by atoms with Crippen molar-refractivity contribution in [1.82, 2.24) is 0 Å². The van der Waals surface area contributed by atoms with Crippen LogP contribution in [0.15, 0.2) is 0 Å². The number of quaternary nitrogens is 1. The molecule has 0 radical (unpaired) electrons. The van der Waals surface area contributed by atoms with Gasteiger partial charge in [-0.15, -0.1) is 0 Å². The second-order valence-electron chi connectivity index (χ2n) is 20.2. The molecule has 8 heteroatoms. The Bertz CT molecular complexity index is 998. The van der Waals surface area contributed by atoms with Gasteiger partial charge in [0.1, 0.15) is 6.61 Å². The van der Waals surface area contributed by atoms with E-state index in [0.717, 1.165) is 38.5 Å². The zero-order chi connectivity index (χ0) is 46.3. The van der Waals surface area contributed by atoms with Crippen molar-refractivity contribution < 1.29 is 38.2 Å². The van der Waals surface area contributed by atoms with Gasteiger partial charge in [-0.3, -0.25) is 9.59 Å². The Hall–Kier alpha value is -1.67. The summed E-state index contributed by atoms with van der Waals surface area (Å²) in [6.45, 7) is 4.81. The maximum Gasteiger partial charge on any atom is 0.362 e. The third kappa shape index (κ3) is 45.3. The van der Waals surface area contributed by atoms with E-state index in [9.17, 15) is 19.5 Å². The number of hydrogen-bond acceptors (Lipinski definition) is 6. The number of ether oxygens (including phenoxy) is 3. The largest absolute Gasteiger partial charge is 0.477 e. The molecular formula is C55H108NO7+. The molecule has 63 heavy (non-hydrogen) atoms. The van der Waals surface area contributed by atoms with E-state index < -0.39 is 18.1 Å². The van der Waals surface area contributed by atoms with Crippen molar-refractivity contribution in [3.05, 3.63) is 0 Å². The molecule has 1 N–H and O–H groups in total. The quantitative estimate of drug-likeness (QED) is 0.0369. The van der Waals surface area contributed by atoms with E-state index >= 15 is 0 Å². The Kier molecular flexibility index (Phi) is 45.6. The maximum atomic E-state index is 12.8. The molecule has 0 aliphatic rings. The topological polar surface area (TPSA) is 99.1 Å². The molecule has 0 rings (SSSR count). The first-order valence-electron chi connectivity index (χ1n) is 27.6. The third-order valence-corrected chi connectivity index (χ3v) is 13.0. The van der Waals surface area contributed by atoms with Gasteiger partial charge in [0.05, 0.1) is 34.4 Å². The van der Waals surface area contributed by atoms with Gasteiger partial charge in [0.25, 0.3) is 0 Å². The van der Waals surface area contributed by atoms with Gasteiger partial charge in [0, 0.05) is 19.3 Å². The Morgan fingerprint density at radius 2 is 0.698 bits per heavy atom. The fraction of sp³-hybridized carbons (Fsp3) is 0.945. The molecule has 0 saturated heterocycles. The Balaban J connectivity index is 4.14. The maximum absolute atomic E-state index is 12.8. The van der Waals surface area contributed by atoms with Crippen LogP contribution in [0.3, 0.4) is 0 Å². The zero-order valence-corrected chi connectivity index (χ0v) is 42.8. The van der Waals surface area contributed by atoms with Crippen molar-refractivity contribution in [2.24, 2.45) is 0 Å². The predicted molar refractivity (Wildman–Crippen MR) is 266 cm³/mol. The molecule has 0 bridgehead atoms. The summed E-state index contributed by atoms with van der Waals surface area (Å²) in [5.74, 6) is -1.43. The monoisotopic (exact) mass is 895 g/mol. The van der Waals surface area contributed by atoms with E-state index in [4.69, 9.17) is 14.2 Å². The van der Waals surface area contributed by atoms with Crippen LogP contribution >= 0.6 is 0 Å². The number of esters is 2. The standard InChI is InChI=1S/C55H107NO7/c1-6-8-10-12-14-16-18-20-22-24-26-28-29-31-33-35-37-39-41-43-45-53(57)62-50-51(49-61-48-47-52(55(59)60)56(3,4)5)63-54(58)46-44-42-40-38-36-34-32-30-27-25-23-21-19-17-15-13-11-9-7-2/h51-52H,6-50H2,1-5H3/p+1. The van der Waals surface area contributed by atoms with Gasteiger partial charge in [0.2, 0.25) is 0 Å². The predicted octanol–water partition coefficient (Wildman–Crippen LogP) is 16.0. The van der Waals surface area contributed by atoms with Gasteiger partial charge in [-0.25, -0.2) is 4.79 Å². The molecule has 0 aromatic carbocycles. The van der Waals surface area contributed by atoms with Gasteiger partial charge >= 0.3 is 17.9 Å². The second kappa shape index (κ2) is 46.8. The highest BCUT2D eigenvalue weighted by Crippen LogP contribution is 2.18. The van der Waals surface area contributed by atoms with E-state index in [1.807, 2.05) is 21.1 Å². The van der Waals surface area contributed by atoms with Crippen molar-refractivity contribution in [1.29, 1.82) is 0 Å². The summed E-state index contributed by atoms with van der Waals surface area (Å²) < 4.78 is 17.4. The van der Waals surface area contributed by atoms with Crippen LogP contribution < -0.4 is 0 Å². The van der Waals surface area contributed by atoms with Crippen LogP contribution in [0.25, 0.3) is 0 Å². The van der Waals surface area contributed by atoms with Crippen LogP contribution in [0.2, 0.25) is 0 Å². The first kappa shape index (κ1) is 61.3. The number of carbonyl (C=O) groups is 3. The van der Waals surface area contributed by atoms with E-state index in [-0.39, 0.29) is 36.2 Å². The Morgan fingerprint density at radius 1 is 0.413 bits per heavy atom. The molecule has 0 amide bonds. The number of aliphatic carboxylic acids is 1. The van der Waals surface area contributed by atoms with Gasteiger partial charge in [-0.2, -0.15) is 0 Å². The lowest BCUT2D eigenvalue weighted by Gasteiger charge is -2.31. The SMILES string of the molecule is CCCCCCCCCCCCCCCCCCCCCCC(=O)OCC(COCCC(C(=O)O)[N+](C)(C)C)OC(=O)CCCCCCCCCCCCCCCCCCCCC. The molecule has 0 aliphatic heterocycles. The third-order valence-electron chi connectivity index (χ3n) is 13.0. The van der Waals surface area contributed by atoms with Crippen molar-refractivity contribution in [3.63, 3.8) is 0 Å². The van der Waals surface area contributed by atoms with Gasteiger partial charge in [-0.1, -0.05) is 251 Å². The number of carboxylic acids is 1. The lowest BCUT2D eigenvalue weighted by Crippen LogP contribution is -2.50. The Morgan fingerprint density at radius 3 is 0.984 bits per heavy atom. The summed E-state index contributed by atoms with van der Waals surface area (Å²) in [5, 5.41) is 9.66. The highest BCUT2D eigenvalue weighted by Gasteiger charge is 2.31. The van der Waals surface area contributed by atoms with Gasteiger partial charge in [0.15, 0.2) is 12.1 Å². The first-order chi connectivity index (χ1) is 30.6. The average Bonchev–Trinajstić information content (AvgIpc) is 3.24. The molecule has 374 valence electrons. The fourth-order valence-corrected chi connectivity index (χ4v) is 8.74. The van der Waals surface area contributed by atoms with Crippen LogP contribution in [0.5, 0.6) is 0 Å². The number of unbranched alkanes of at least 4 members (excludes halogenated alkanes) is 37. The molecular weight excluding hydrogens is 787 g/mol. The summed E-state index contributed by atoms with van der Waals surface area (Å²) in [6, 6.07) is -0.609. The van der Waals surface area contributed by atoms with Crippen LogP contribution in [0, 0.1) is 0 Å². The fourth-order valence-electron chi connectivity index (χ4n) is 8.74. The molecule has 0 aliphatic carbocycles. The zero-order valence-electron chi connectivity index (χ0n) is 42.8. The van der Waals surface area contributed by atoms with Crippen molar-refractivity contribution in [2.45, 2.75) is 296 Å². The number of likely N-dealkylation sites (N-methyl/N-ethyl adjacent to an activating group) is 1. The van der Waals surface area contributed by atoms with E-state index in [0.29, 0.717) is 19.3 Å². The summed E-state index contributed by atoms with van der Waals surface area (Å²) in [4.78, 5) is 37.2. The van der Waals surface area contributed by atoms with Crippen LogP contribution in [-0.4, -0.2) is 80.6 Å². The van der Waals surface area contributed by atoms with Crippen LogP contribution in [0.1, 0.15) is 284 Å². The summed E-state index contributed by atoms with van der Waals surface area (Å²) in [7, 11) is 5.56. The van der Waals surface area contributed by atoms with E-state index in [1.54, 1.807) is 0 Å². The smallest absolute Gasteiger partial charge is 0.362 e. The summed E-state index contributed by atoms with van der Waals surface area (Å²) in [6.07, 6.45) is 51.6. The second-order valence-corrected chi connectivity index (χ2v) is 20.2. The average molecular weight is 895 g/mol. The highest BCUT2D eigenvalue weighted by atomic mass is 16.6. The lowest BCUT2D eigenvalue weighted by atomic mass is 10.0. The van der Waals surface area contributed by atoms with Crippen molar-refractivity contribution >= 4 is 17.9 Å². The number of carboxylic acid groups (broad SMARTS) is 1. The molecule has 0 fully saturated rings. The highest BCUT2D eigenvalue weighted by molar-refractivity contribution is 5.72. The number of nitrogens with zero attached hydrogens (tertiary/aromatic N) is 1. The normalized spacial score (nSPS) is 12.7. The Labute approximate surface area is 391 Å². The molecule has 0 aromatic heterocycles. The van der Waals surface area contributed by atoms with E-state index in [1.165, 1.54) is 212 Å². The number of hydrogen-bond donors (Lipinski definition) is 1. The molecule has 8 nitrogen and oxygen atoms in total. The minimum atomic E-state index is -0.868. The minimum absolute atomic E-state index is 0.0410. The summed E-state index contributed by atoms with van der Waals surface area (Å²) >= 11 is 0. The molecule has 0 saturated carbocycles. The molecule has 0 spiro atoms. The lowest BCUT2D eigenvalue weighted by molar-refractivity contribution is -0.887. The number of rotatable bonds is 51.